The maximum atomic E-state index is 11.9. The molecular formula is C11H18BrN3O2S. The van der Waals surface area contributed by atoms with E-state index in [0.29, 0.717) is 10.2 Å². The van der Waals surface area contributed by atoms with Crippen molar-refractivity contribution in [3.05, 3.63) is 21.0 Å². The topological polar surface area (TPSA) is 67.2 Å². The van der Waals surface area contributed by atoms with Crippen molar-refractivity contribution in [1.82, 2.24) is 9.78 Å². The molecule has 102 valence electrons. The van der Waals surface area contributed by atoms with Crippen molar-refractivity contribution in [2.45, 2.75) is 26.4 Å². The average Bonchev–Trinajstić information content (AvgIpc) is 2.36. The Hall–Kier alpha value is -0.530. The van der Waals surface area contributed by atoms with Gasteiger partial charge in [0.2, 0.25) is 0 Å². The lowest BCUT2D eigenvalue weighted by Gasteiger charge is -2.15. The maximum absolute atomic E-state index is 11.9. The zero-order valence-corrected chi connectivity index (χ0v) is 12.9. The molecule has 1 rings (SSSR count). The summed E-state index contributed by atoms with van der Waals surface area (Å²) in [6.45, 7) is 4.29. The van der Waals surface area contributed by atoms with Gasteiger partial charge in [-0.05, 0) is 28.6 Å². The summed E-state index contributed by atoms with van der Waals surface area (Å²) in [6, 6.07) is 0.265. The normalized spacial score (nSPS) is 12.4. The molecule has 0 saturated carbocycles. The predicted molar refractivity (Wildman–Crippen MR) is 79.4 cm³/mol. The van der Waals surface area contributed by atoms with Crippen LogP contribution in [0.4, 0.5) is 5.69 Å². The molecule has 18 heavy (non-hydrogen) atoms. The molecule has 0 amide bonds. The zero-order valence-electron chi connectivity index (χ0n) is 10.5. The Bertz CT molecular complexity index is 439. The van der Waals surface area contributed by atoms with E-state index >= 15 is 0 Å². The zero-order chi connectivity index (χ0) is 13.5. The number of anilines is 1. The number of hydrogen-bond donors (Lipinski definition) is 2. The standard InChI is InChI=1S/C11H18BrN3O2S/c1-3-18-7-8(2)14-9-6-13-15(4-5-16)11(17)10(9)12/h6,8,14,16H,3-5,7H2,1-2H3. The Labute approximate surface area is 119 Å². The second-order valence-corrected chi connectivity index (χ2v) is 5.94. The largest absolute Gasteiger partial charge is 0.394 e. The van der Waals surface area contributed by atoms with Crippen LogP contribution in [0.5, 0.6) is 0 Å². The van der Waals surface area contributed by atoms with Crippen molar-refractivity contribution in [2.24, 2.45) is 0 Å². The van der Waals surface area contributed by atoms with Crippen LogP contribution >= 0.6 is 27.7 Å². The van der Waals surface area contributed by atoms with Gasteiger partial charge in [0.1, 0.15) is 4.47 Å². The number of nitrogens with one attached hydrogen (secondary N) is 1. The third-order valence-corrected chi connectivity index (χ3v) is 4.18. The van der Waals surface area contributed by atoms with E-state index in [0.717, 1.165) is 11.5 Å². The highest BCUT2D eigenvalue weighted by Gasteiger charge is 2.10. The first-order chi connectivity index (χ1) is 8.60. The minimum Gasteiger partial charge on any atom is -0.394 e. The van der Waals surface area contributed by atoms with E-state index in [4.69, 9.17) is 5.11 Å². The molecule has 1 aromatic rings. The molecule has 0 aromatic carbocycles. The van der Waals surface area contributed by atoms with Crippen molar-refractivity contribution >= 4 is 33.4 Å². The molecule has 2 N–H and O–H groups in total. The van der Waals surface area contributed by atoms with Gasteiger partial charge in [-0.3, -0.25) is 4.79 Å². The number of rotatable bonds is 7. The molecule has 0 bridgehead atoms. The van der Waals surface area contributed by atoms with Crippen molar-refractivity contribution < 1.29 is 5.11 Å². The highest BCUT2D eigenvalue weighted by atomic mass is 79.9. The first-order valence-electron chi connectivity index (χ1n) is 5.80. The summed E-state index contributed by atoms with van der Waals surface area (Å²) >= 11 is 5.12. The van der Waals surface area contributed by atoms with Gasteiger partial charge in [-0.2, -0.15) is 16.9 Å². The Morgan fingerprint density at radius 1 is 1.67 bits per heavy atom. The van der Waals surface area contributed by atoms with E-state index in [9.17, 15) is 4.79 Å². The van der Waals surface area contributed by atoms with Crippen molar-refractivity contribution in [2.75, 3.05) is 23.4 Å². The molecule has 7 heteroatoms. The highest BCUT2D eigenvalue weighted by Crippen LogP contribution is 2.18. The molecule has 0 aliphatic heterocycles. The van der Waals surface area contributed by atoms with E-state index in [-0.39, 0.29) is 24.8 Å². The summed E-state index contributed by atoms with van der Waals surface area (Å²) in [7, 11) is 0. The van der Waals surface area contributed by atoms with Crippen LogP contribution in [0.1, 0.15) is 13.8 Å². The summed E-state index contributed by atoms with van der Waals surface area (Å²) in [5.74, 6) is 2.05. The fraction of sp³-hybridized carbons (Fsp3) is 0.636. The third kappa shape index (κ3) is 4.29. The van der Waals surface area contributed by atoms with Gasteiger partial charge < -0.3 is 10.4 Å². The molecule has 1 aromatic heterocycles. The Balaban J connectivity index is 2.79. The van der Waals surface area contributed by atoms with Gasteiger partial charge in [0, 0.05) is 11.8 Å². The molecule has 0 aliphatic carbocycles. The highest BCUT2D eigenvalue weighted by molar-refractivity contribution is 9.10. The van der Waals surface area contributed by atoms with Gasteiger partial charge in [0.25, 0.3) is 5.56 Å². The Kier molecular flexibility index (Phi) is 6.73. The number of hydrogen-bond acceptors (Lipinski definition) is 5. The van der Waals surface area contributed by atoms with E-state index in [1.807, 2.05) is 11.8 Å². The number of halogens is 1. The fourth-order valence-corrected chi connectivity index (χ4v) is 2.52. The van der Waals surface area contributed by atoms with Gasteiger partial charge >= 0.3 is 0 Å². The maximum Gasteiger partial charge on any atom is 0.283 e. The quantitative estimate of drug-likeness (QED) is 0.791. The molecule has 0 fully saturated rings. The molecule has 0 spiro atoms. The smallest absolute Gasteiger partial charge is 0.283 e. The Morgan fingerprint density at radius 2 is 2.39 bits per heavy atom. The monoisotopic (exact) mass is 335 g/mol. The van der Waals surface area contributed by atoms with Crippen molar-refractivity contribution in [3.8, 4) is 0 Å². The van der Waals surface area contributed by atoms with Crippen molar-refractivity contribution in [1.29, 1.82) is 0 Å². The van der Waals surface area contributed by atoms with Crippen LogP contribution in [0.3, 0.4) is 0 Å². The van der Waals surface area contributed by atoms with Gasteiger partial charge in [0.05, 0.1) is 25.0 Å². The molecular weight excluding hydrogens is 318 g/mol. The van der Waals surface area contributed by atoms with Crippen LogP contribution in [0.2, 0.25) is 0 Å². The Morgan fingerprint density at radius 3 is 3.00 bits per heavy atom. The van der Waals surface area contributed by atoms with Crippen LogP contribution in [-0.2, 0) is 6.54 Å². The third-order valence-electron chi connectivity index (χ3n) is 2.27. The summed E-state index contributed by atoms with van der Waals surface area (Å²) in [4.78, 5) is 11.9. The fourth-order valence-electron chi connectivity index (χ4n) is 1.42. The van der Waals surface area contributed by atoms with E-state index in [1.165, 1.54) is 4.68 Å². The summed E-state index contributed by atoms with van der Waals surface area (Å²) < 4.78 is 1.69. The first kappa shape index (κ1) is 15.5. The predicted octanol–water partition coefficient (Wildman–Crippen LogP) is 1.55. The molecule has 0 saturated heterocycles. The SMILES string of the molecule is CCSCC(C)Nc1cnn(CCO)c(=O)c1Br. The lowest BCUT2D eigenvalue weighted by Crippen LogP contribution is -2.27. The number of aromatic nitrogens is 2. The summed E-state index contributed by atoms with van der Waals surface area (Å²) in [5.41, 5.74) is 0.461. The van der Waals surface area contributed by atoms with Crippen LogP contribution in [-0.4, -0.2) is 39.0 Å². The molecule has 1 atom stereocenters. The number of aliphatic hydroxyl groups is 1. The molecule has 1 unspecified atom stereocenters. The van der Waals surface area contributed by atoms with Crippen molar-refractivity contribution in [3.63, 3.8) is 0 Å². The second kappa shape index (κ2) is 7.81. The second-order valence-electron chi connectivity index (χ2n) is 3.83. The van der Waals surface area contributed by atoms with Gasteiger partial charge in [-0.15, -0.1) is 0 Å². The minimum atomic E-state index is -0.232. The van der Waals surface area contributed by atoms with E-state index in [1.54, 1.807) is 6.20 Å². The molecule has 5 nitrogen and oxygen atoms in total. The van der Waals surface area contributed by atoms with E-state index in [2.05, 4.69) is 40.2 Å². The van der Waals surface area contributed by atoms with Crippen LogP contribution in [0.15, 0.2) is 15.5 Å². The first-order valence-corrected chi connectivity index (χ1v) is 7.75. The van der Waals surface area contributed by atoms with Crippen LogP contribution in [0, 0.1) is 0 Å². The van der Waals surface area contributed by atoms with Gasteiger partial charge in [-0.1, -0.05) is 6.92 Å². The lowest BCUT2D eigenvalue weighted by molar-refractivity contribution is 0.266. The number of nitrogens with zero attached hydrogens (tertiary/aromatic N) is 2. The van der Waals surface area contributed by atoms with Gasteiger partial charge in [-0.25, -0.2) is 4.68 Å². The number of aliphatic hydroxyl groups excluding tert-OH is 1. The van der Waals surface area contributed by atoms with E-state index < -0.39 is 0 Å². The van der Waals surface area contributed by atoms with Crippen LogP contribution < -0.4 is 10.9 Å². The number of thioether (sulfide) groups is 1. The average molecular weight is 336 g/mol. The van der Waals surface area contributed by atoms with Crippen LogP contribution in [0.25, 0.3) is 0 Å². The van der Waals surface area contributed by atoms with Gasteiger partial charge in [0.15, 0.2) is 0 Å². The summed E-state index contributed by atoms with van der Waals surface area (Å²) in [6.07, 6.45) is 1.61. The minimum absolute atomic E-state index is 0.102. The molecule has 0 aliphatic rings. The molecule has 0 radical (unpaired) electrons. The molecule has 1 heterocycles. The lowest BCUT2D eigenvalue weighted by atomic mass is 10.3. The summed E-state index contributed by atoms with van der Waals surface area (Å²) in [5, 5.41) is 16.1.